The summed E-state index contributed by atoms with van der Waals surface area (Å²) < 4.78 is 27.5. The van der Waals surface area contributed by atoms with Gasteiger partial charge in [0.1, 0.15) is 6.10 Å². The largest absolute Gasteiger partial charge is 0.462 e. The topological polar surface area (TPSA) is 125 Å². The van der Waals surface area contributed by atoms with Crippen LogP contribution in [0.3, 0.4) is 0 Å². The number of nitrogens with zero attached hydrogens (tertiary/aromatic N) is 2. The maximum atomic E-state index is 12.8. The number of rotatable bonds is 21. The second-order valence-electron chi connectivity index (χ2n) is 13.3. The summed E-state index contributed by atoms with van der Waals surface area (Å²) in [5.41, 5.74) is 8.81. The summed E-state index contributed by atoms with van der Waals surface area (Å²) >= 11 is 0. The number of fused-ring (bicyclic) bond motifs is 1. The van der Waals surface area contributed by atoms with Gasteiger partial charge in [0.2, 0.25) is 5.91 Å². The quantitative estimate of drug-likeness (QED) is 0.123. The maximum absolute atomic E-state index is 12.8. The molecule has 278 valence electrons. The third kappa shape index (κ3) is 12.6. The number of esters is 1. The van der Waals surface area contributed by atoms with E-state index in [4.69, 9.17) is 29.4 Å². The van der Waals surface area contributed by atoms with Crippen LogP contribution in [0.5, 0.6) is 0 Å². The lowest BCUT2D eigenvalue weighted by Gasteiger charge is -2.31. The lowest BCUT2D eigenvalue weighted by atomic mass is 9.99. The van der Waals surface area contributed by atoms with E-state index < -0.39 is 0 Å². The van der Waals surface area contributed by atoms with Crippen molar-refractivity contribution in [2.45, 2.75) is 57.2 Å². The van der Waals surface area contributed by atoms with Crippen LogP contribution in [0.15, 0.2) is 66.7 Å². The number of carbonyl (C=O) groups is 2. The number of benzene rings is 3. The molecule has 3 aromatic rings. The van der Waals surface area contributed by atoms with Gasteiger partial charge >= 0.3 is 5.97 Å². The Balaban J connectivity index is 0.914. The van der Waals surface area contributed by atoms with Gasteiger partial charge in [0, 0.05) is 63.3 Å². The van der Waals surface area contributed by atoms with Crippen molar-refractivity contribution < 1.29 is 33.3 Å². The zero-order valence-electron chi connectivity index (χ0n) is 30.1. The first-order valence-corrected chi connectivity index (χ1v) is 18.6. The number of likely N-dealkylation sites (tertiary alicyclic amines) is 1. The van der Waals surface area contributed by atoms with E-state index in [1.807, 2.05) is 17.0 Å². The fraction of sp³-hybridized carbons (Fsp3) is 0.550. The molecule has 2 heterocycles. The Bertz CT molecular complexity index is 1480. The Morgan fingerprint density at radius 3 is 2.14 bits per heavy atom. The molecule has 2 fully saturated rings. The van der Waals surface area contributed by atoms with Gasteiger partial charge in [0.25, 0.3) is 0 Å². The summed E-state index contributed by atoms with van der Waals surface area (Å²) in [5, 5.41) is 6.43. The lowest BCUT2D eigenvalue weighted by molar-refractivity contribution is -0.151. The van der Waals surface area contributed by atoms with Crippen LogP contribution in [0.2, 0.25) is 0 Å². The van der Waals surface area contributed by atoms with Crippen LogP contribution in [-0.4, -0.2) is 115 Å². The summed E-state index contributed by atoms with van der Waals surface area (Å²) in [4.78, 5) is 29.6. The zero-order valence-corrected chi connectivity index (χ0v) is 30.1. The Hall–Kier alpha value is -3.58. The number of nitrogens with one attached hydrogen (secondary N) is 1. The van der Waals surface area contributed by atoms with Crippen LogP contribution in [0.4, 0.5) is 5.69 Å². The highest BCUT2D eigenvalue weighted by atomic mass is 16.6. The number of hydrogen-bond donors (Lipinski definition) is 2. The van der Waals surface area contributed by atoms with Crippen LogP contribution in [0.1, 0.15) is 49.8 Å². The van der Waals surface area contributed by atoms with Gasteiger partial charge in [-0.2, -0.15) is 0 Å². The molecule has 0 bridgehead atoms. The molecule has 11 heteroatoms. The van der Waals surface area contributed by atoms with Crippen molar-refractivity contribution in [1.29, 1.82) is 0 Å². The molecule has 0 aliphatic carbocycles. The predicted molar refractivity (Wildman–Crippen MR) is 199 cm³/mol. The Labute approximate surface area is 302 Å². The van der Waals surface area contributed by atoms with Crippen molar-refractivity contribution in [2.24, 2.45) is 5.73 Å². The first kappa shape index (κ1) is 38.6. The zero-order chi connectivity index (χ0) is 35.7. The molecule has 2 aliphatic rings. The van der Waals surface area contributed by atoms with Crippen LogP contribution >= 0.6 is 0 Å². The molecule has 0 spiro atoms. The van der Waals surface area contributed by atoms with E-state index in [1.165, 1.54) is 22.0 Å². The summed E-state index contributed by atoms with van der Waals surface area (Å²) in [6, 6.07) is 24.1. The molecule has 3 aromatic carbocycles. The van der Waals surface area contributed by atoms with Crippen molar-refractivity contribution in [3.05, 3.63) is 77.9 Å². The minimum atomic E-state index is -0.223. The van der Waals surface area contributed by atoms with Gasteiger partial charge in [-0.15, -0.1) is 0 Å². The average molecular weight is 705 g/mol. The summed E-state index contributed by atoms with van der Waals surface area (Å²) in [5.74, 6) is -0.162. The fourth-order valence-electron chi connectivity index (χ4n) is 6.81. The standard InChI is InChI=1S/C40H56N4O7/c1-31(37-8-4-6-33-5-2-3-7-38(33)37)42-34-13-18-44(30-34)35-11-9-32(10-12-35)29-40(46)51-36-14-19-43(20-15-36)39(45)16-21-47-23-25-49-27-28-50-26-24-48-22-17-41/h2-12,31,34,36,42H,13-30,41H2,1H3/t31-,34+/m1/s1. The van der Waals surface area contributed by atoms with E-state index in [0.29, 0.717) is 97.8 Å². The van der Waals surface area contributed by atoms with E-state index in [9.17, 15) is 9.59 Å². The van der Waals surface area contributed by atoms with E-state index in [0.717, 1.165) is 25.1 Å². The third-order valence-corrected chi connectivity index (χ3v) is 9.55. The first-order valence-electron chi connectivity index (χ1n) is 18.6. The fourth-order valence-corrected chi connectivity index (χ4v) is 6.81. The molecule has 0 unspecified atom stereocenters. The Morgan fingerprint density at radius 2 is 1.43 bits per heavy atom. The van der Waals surface area contributed by atoms with Crippen molar-refractivity contribution in [3.8, 4) is 0 Å². The molecule has 0 radical (unpaired) electrons. The predicted octanol–water partition coefficient (Wildman–Crippen LogP) is 4.26. The highest BCUT2D eigenvalue weighted by molar-refractivity contribution is 5.86. The lowest BCUT2D eigenvalue weighted by Crippen LogP contribution is -2.41. The third-order valence-electron chi connectivity index (χ3n) is 9.55. The van der Waals surface area contributed by atoms with E-state index >= 15 is 0 Å². The Morgan fingerprint density at radius 1 is 0.784 bits per heavy atom. The molecular formula is C40H56N4O7. The summed E-state index contributed by atoms with van der Waals surface area (Å²) in [7, 11) is 0. The molecule has 0 saturated carbocycles. The molecule has 2 saturated heterocycles. The van der Waals surface area contributed by atoms with Crippen LogP contribution in [0.25, 0.3) is 10.8 Å². The highest BCUT2D eigenvalue weighted by Gasteiger charge is 2.26. The minimum Gasteiger partial charge on any atom is -0.462 e. The normalized spacial score (nSPS) is 17.3. The minimum absolute atomic E-state index is 0.0606. The second kappa shape index (κ2) is 21.1. The van der Waals surface area contributed by atoms with E-state index in [-0.39, 0.29) is 30.4 Å². The first-order chi connectivity index (χ1) is 25.0. The molecule has 51 heavy (non-hydrogen) atoms. The van der Waals surface area contributed by atoms with Gasteiger partial charge in [0.15, 0.2) is 0 Å². The van der Waals surface area contributed by atoms with Crippen LogP contribution in [0, 0.1) is 0 Å². The number of anilines is 1. The molecule has 11 nitrogen and oxygen atoms in total. The van der Waals surface area contributed by atoms with Gasteiger partial charge < -0.3 is 44.5 Å². The molecule has 0 aromatic heterocycles. The summed E-state index contributed by atoms with van der Waals surface area (Å²) in [6.07, 6.45) is 2.78. The van der Waals surface area contributed by atoms with E-state index in [1.54, 1.807) is 0 Å². The number of nitrogens with two attached hydrogens (primary N) is 1. The maximum Gasteiger partial charge on any atom is 0.310 e. The molecule has 2 aliphatic heterocycles. The highest BCUT2D eigenvalue weighted by Crippen LogP contribution is 2.27. The monoisotopic (exact) mass is 704 g/mol. The number of carbonyl (C=O) groups excluding carboxylic acids is 2. The number of hydrogen-bond acceptors (Lipinski definition) is 10. The van der Waals surface area contributed by atoms with Gasteiger partial charge in [-0.05, 0) is 47.4 Å². The number of piperidine rings is 1. The number of ether oxygens (including phenoxy) is 5. The van der Waals surface area contributed by atoms with Crippen LogP contribution < -0.4 is 16.0 Å². The smallest absolute Gasteiger partial charge is 0.310 e. The van der Waals surface area contributed by atoms with Gasteiger partial charge in [-0.1, -0.05) is 54.6 Å². The van der Waals surface area contributed by atoms with E-state index in [2.05, 4.69) is 71.7 Å². The molecular weight excluding hydrogens is 648 g/mol. The van der Waals surface area contributed by atoms with Crippen molar-refractivity contribution >= 4 is 28.3 Å². The summed E-state index contributed by atoms with van der Waals surface area (Å²) in [6.45, 7) is 9.66. The second-order valence-corrected chi connectivity index (χ2v) is 13.3. The van der Waals surface area contributed by atoms with Crippen molar-refractivity contribution in [2.75, 3.05) is 90.5 Å². The van der Waals surface area contributed by atoms with Crippen molar-refractivity contribution in [3.63, 3.8) is 0 Å². The Kier molecular flexibility index (Phi) is 16.0. The average Bonchev–Trinajstić information content (AvgIpc) is 3.62. The molecule has 1 amide bonds. The van der Waals surface area contributed by atoms with Gasteiger partial charge in [-0.25, -0.2) is 0 Å². The van der Waals surface area contributed by atoms with Crippen molar-refractivity contribution in [1.82, 2.24) is 10.2 Å². The SMILES string of the molecule is C[C@@H](N[C@H]1CCN(c2ccc(CC(=O)OC3CCN(C(=O)CCOCCOCCOCCOCCN)CC3)cc2)C1)c1cccc2ccccc12. The van der Waals surface area contributed by atoms with Gasteiger partial charge in [-0.3, -0.25) is 9.59 Å². The molecule has 5 rings (SSSR count). The molecule has 3 N–H and O–H groups in total. The van der Waals surface area contributed by atoms with Gasteiger partial charge in [0.05, 0.1) is 65.7 Å². The number of amides is 1. The molecule has 2 atom stereocenters. The van der Waals surface area contributed by atoms with Crippen LogP contribution in [-0.2, 0) is 39.7 Å².